The lowest BCUT2D eigenvalue weighted by molar-refractivity contribution is -0.164. The van der Waals surface area contributed by atoms with Gasteiger partial charge in [0.2, 0.25) is 0 Å². The molecule has 7 rings (SSSR count). The number of carbonyl (C=O) groups excluding carboxylic acids is 4. The van der Waals surface area contributed by atoms with E-state index in [-0.39, 0.29) is 41.0 Å². The standard InChI is InChI=1S/C42H44ClN3O7/c1-24(47)53-41(2,3)40(51)45-42-17-16-34(32-20-26(22-42)18-28(32)23-42)44-38(49)27-12-10-25(11-13-27)19-33-36(39(50)52-4)46(30-8-6-5-7-9-30)35-21-29(43)14-15-31(35)37(33)48/h5-15,21,26,28,32,34H,16-20,22-23H2,1-4H3,(H,44,49)(H,45,51)/t26-,28-,32+,34-,42+/m1/s1. The van der Waals surface area contributed by atoms with E-state index >= 15 is 0 Å². The molecule has 276 valence electrons. The quantitative estimate of drug-likeness (QED) is 0.186. The number of methoxy groups -OCH3 is 1. The number of aromatic nitrogens is 1. The molecule has 2 amide bonds. The highest BCUT2D eigenvalue weighted by Gasteiger charge is 2.54. The van der Waals surface area contributed by atoms with Gasteiger partial charge in [-0.05, 0) is 118 Å². The van der Waals surface area contributed by atoms with Crippen LogP contribution in [0.1, 0.15) is 91.3 Å². The van der Waals surface area contributed by atoms with Crippen LogP contribution < -0.4 is 16.1 Å². The topological polar surface area (TPSA) is 133 Å². The van der Waals surface area contributed by atoms with E-state index in [2.05, 4.69) is 10.6 Å². The van der Waals surface area contributed by atoms with Gasteiger partial charge in [-0.15, -0.1) is 0 Å². The summed E-state index contributed by atoms with van der Waals surface area (Å²) < 4.78 is 12.3. The van der Waals surface area contributed by atoms with E-state index in [1.54, 1.807) is 48.7 Å². The monoisotopic (exact) mass is 737 g/mol. The fourth-order valence-corrected chi connectivity index (χ4v) is 9.42. The summed E-state index contributed by atoms with van der Waals surface area (Å²) in [5, 5.41) is 7.46. The molecule has 53 heavy (non-hydrogen) atoms. The Morgan fingerprint density at radius 2 is 1.72 bits per heavy atom. The number of fused-ring (bicyclic) bond motifs is 3. The van der Waals surface area contributed by atoms with E-state index in [9.17, 15) is 24.0 Å². The average molecular weight is 738 g/mol. The number of benzene rings is 3. The van der Waals surface area contributed by atoms with Crippen LogP contribution in [0.4, 0.5) is 0 Å². The Kier molecular flexibility index (Phi) is 9.70. The summed E-state index contributed by atoms with van der Waals surface area (Å²) in [6.07, 6.45) is 5.40. The second-order valence-electron chi connectivity index (χ2n) is 15.5. The first kappa shape index (κ1) is 36.4. The molecule has 10 nitrogen and oxygen atoms in total. The maximum atomic E-state index is 14.0. The highest BCUT2D eigenvalue weighted by molar-refractivity contribution is 6.31. The number of pyridine rings is 1. The third kappa shape index (κ3) is 7.09. The first-order chi connectivity index (χ1) is 25.3. The summed E-state index contributed by atoms with van der Waals surface area (Å²) >= 11 is 6.37. The molecule has 0 radical (unpaired) electrons. The van der Waals surface area contributed by atoms with Crippen molar-refractivity contribution in [2.75, 3.05) is 7.11 Å². The van der Waals surface area contributed by atoms with Crippen LogP contribution >= 0.6 is 11.6 Å². The predicted octanol–water partition coefficient (Wildman–Crippen LogP) is 6.55. The number of halogens is 1. The Hall–Kier alpha value is -4.96. The summed E-state index contributed by atoms with van der Waals surface area (Å²) in [5.74, 6) is -0.469. The summed E-state index contributed by atoms with van der Waals surface area (Å²) in [6.45, 7) is 4.53. The van der Waals surface area contributed by atoms with Crippen LogP contribution in [-0.4, -0.2) is 52.6 Å². The van der Waals surface area contributed by atoms with Crippen molar-refractivity contribution in [3.63, 3.8) is 0 Å². The van der Waals surface area contributed by atoms with Gasteiger partial charge in [-0.2, -0.15) is 0 Å². The molecule has 3 aliphatic carbocycles. The highest BCUT2D eigenvalue weighted by atomic mass is 35.5. The zero-order valence-corrected chi connectivity index (χ0v) is 31.1. The predicted molar refractivity (Wildman–Crippen MR) is 201 cm³/mol. The maximum Gasteiger partial charge on any atom is 0.355 e. The maximum absolute atomic E-state index is 14.0. The summed E-state index contributed by atoms with van der Waals surface area (Å²) in [7, 11) is 1.29. The molecular formula is C42H44ClN3O7. The molecule has 0 unspecified atom stereocenters. The number of ether oxygens (including phenoxy) is 2. The molecule has 3 bridgehead atoms. The lowest BCUT2D eigenvalue weighted by atomic mass is 9.73. The molecule has 5 atom stereocenters. The molecule has 3 aromatic carbocycles. The number of para-hydroxylation sites is 1. The van der Waals surface area contributed by atoms with E-state index in [0.29, 0.717) is 44.9 Å². The lowest BCUT2D eigenvalue weighted by Gasteiger charge is -2.42. The summed E-state index contributed by atoms with van der Waals surface area (Å²) in [4.78, 5) is 66.1. The molecule has 1 heterocycles. The number of amides is 2. The van der Waals surface area contributed by atoms with Gasteiger partial charge in [-0.1, -0.05) is 41.9 Å². The smallest absolute Gasteiger partial charge is 0.355 e. The van der Waals surface area contributed by atoms with Gasteiger partial charge in [0, 0.05) is 52.1 Å². The van der Waals surface area contributed by atoms with Crippen molar-refractivity contribution < 1.29 is 28.7 Å². The third-order valence-electron chi connectivity index (χ3n) is 11.5. The van der Waals surface area contributed by atoms with Crippen molar-refractivity contribution in [2.24, 2.45) is 17.8 Å². The van der Waals surface area contributed by atoms with E-state index in [4.69, 9.17) is 21.1 Å². The van der Waals surface area contributed by atoms with E-state index in [0.717, 1.165) is 44.1 Å². The van der Waals surface area contributed by atoms with E-state index < -0.39 is 23.1 Å². The highest BCUT2D eigenvalue weighted by Crippen LogP contribution is 2.55. The number of nitrogens with zero attached hydrogens (tertiary/aromatic N) is 1. The number of hydrogen-bond acceptors (Lipinski definition) is 7. The molecule has 0 aliphatic heterocycles. The van der Waals surface area contributed by atoms with Crippen LogP contribution in [0.15, 0.2) is 77.6 Å². The Morgan fingerprint density at radius 3 is 2.42 bits per heavy atom. The van der Waals surface area contributed by atoms with Gasteiger partial charge in [0.05, 0.1) is 12.6 Å². The average Bonchev–Trinajstić information content (AvgIpc) is 3.39. The number of hydrogen-bond donors (Lipinski definition) is 2. The fraction of sp³-hybridized carbons (Fsp3) is 0.405. The van der Waals surface area contributed by atoms with Crippen LogP contribution in [0.25, 0.3) is 16.6 Å². The zero-order chi connectivity index (χ0) is 37.7. The van der Waals surface area contributed by atoms with Gasteiger partial charge in [0.1, 0.15) is 5.69 Å². The minimum absolute atomic E-state index is 0.0390. The van der Waals surface area contributed by atoms with Gasteiger partial charge < -0.3 is 24.7 Å². The Bertz CT molecular complexity index is 2160. The molecule has 1 aromatic heterocycles. The zero-order valence-electron chi connectivity index (χ0n) is 30.4. The number of nitrogens with one attached hydrogen (secondary N) is 2. The lowest BCUT2D eigenvalue weighted by Crippen LogP contribution is -2.57. The Morgan fingerprint density at radius 1 is 0.981 bits per heavy atom. The summed E-state index contributed by atoms with van der Waals surface area (Å²) in [5.41, 5.74) is 0.823. The van der Waals surface area contributed by atoms with Crippen LogP contribution in [0.5, 0.6) is 0 Å². The summed E-state index contributed by atoms with van der Waals surface area (Å²) in [6, 6.07) is 21.3. The Labute approximate surface area is 313 Å². The van der Waals surface area contributed by atoms with Gasteiger partial charge >= 0.3 is 11.9 Å². The van der Waals surface area contributed by atoms with Crippen LogP contribution in [-0.2, 0) is 25.5 Å². The normalized spacial score (nSPS) is 23.3. The molecule has 3 fully saturated rings. The molecule has 4 aromatic rings. The minimum atomic E-state index is -1.27. The molecule has 0 saturated heterocycles. The van der Waals surface area contributed by atoms with Gasteiger partial charge in [0.25, 0.3) is 11.8 Å². The van der Waals surface area contributed by atoms with Gasteiger partial charge in [-0.25, -0.2) is 4.79 Å². The van der Waals surface area contributed by atoms with Crippen LogP contribution in [0.2, 0.25) is 5.02 Å². The van der Waals surface area contributed by atoms with Crippen LogP contribution in [0.3, 0.4) is 0 Å². The van der Waals surface area contributed by atoms with Crippen molar-refractivity contribution in [3.05, 3.63) is 110 Å². The van der Waals surface area contributed by atoms with Crippen molar-refractivity contribution in [3.8, 4) is 5.69 Å². The number of carbonyl (C=O) groups is 4. The molecule has 0 spiro atoms. The third-order valence-corrected chi connectivity index (χ3v) is 11.7. The molecule has 11 heteroatoms. The largest absolute Gasteiger partial charge is 0.464 e. The van der Waals surface area contributed by atoms with Crippen LogP contribution in [0, 0.1) is 17.8 Å². The first-order valence-electron chi connectivity index (χ1n) is 18.2. The minimum Gasteiger partial charge on any atom is -0.464 e. The molecular weight excluding hydrogens is 694 g/mol. The van der Waals surface area contributed by atoms with Crippen molar-refractivity contribution in [1.82, 2.24) is 15.2 Å². The second-order valence-corrected chi connectivity index (χ2v) is 15.9. The van der Waals surface area contributed by atoms with Gasteiger partial charge in [-0.3, -0.25) is 19.2 Å². The molecule has 3 saturated carbocycles. The SMILES string of the molecule is COC(=O)c1c(Cc2ccc(C(=O)N[C@@H]3CC[C@]4(NC(=O)C(C)(C)OC(C)=O)C[C@@H]5C[C@H](C4)[C@@H]3C5)cc2)c(=O)c2ccc(Cl)cc2n1-c1ccccc1. The first-order valence-corrected chi connectivity index (χ1v) is 18.6. The van der Waals surface area contributed by atoms with E-state index in [1.807, 2.05) is 42.5 Å². The van der Waals surface area contributed by atoms with E-state index in [1.165, 1.54) is 14.0 Å². The van der Waals surface area contributed by atoms with Crippen molar-refractivity contribution in [2.45, 2.75) is 82.9 Å². The molecule has 2 N–H and O–H groups in total. The number of esters is 2. The molecule has 3 aliphatic rings. The fourth-order valence-electron chi connectivity index (χ4n) is 9.26. The number of rotatable bonds is 9. The van der Waals surface area contributed by atoms with Crippen molar-refractivity contribution in [1.29, 1.82) is 0 Å². The second kappa shape index (κ2) is 14.1. The van der Waals surface area contributed by atoms with Crippen molar-refractivity contribution >= 4 is 46.3 Å². The Balaban J connectivity index is 1.12. The van der Waals surface area contributed by atoms with Gasteiger partial charge in [0.15, 0.2) is 11.0 Å².